The molecule has 0 spiro atoms. The zero-order chi connectivity index (χ0) is 28.8. The Balaban J connectivity index is 1.41. The fourth-order valence-electron chi connectivity index (χ4n) is 6.31. The van der Waals surface area contributed by atoms with Crippen LogP contribution in [0.1, 0.15) is 102 Å². The van der Waals surface area contributed by atoms with Crippen LogP contribution in [0.5, 0.6) is 0 Å². The summed E-state index contributed by atoms with van der Waals surface area (Å²) in [4.78, 5) is 25.7. The smallest absolute Gasteiger partial charge is 0.341 e. The minimum Gasteiger partial charge on any atom is -0.459 e. The van der Waals surface area contributed by atoms with Crippen LogP contribution in [-0.2, 0) is 9.47 Å². The molecule has 0 aromatic heterocycles. The van der Waals surface area contributed by atoms with E-state index in [2.05, 4.69) is 52.2 Å². The fraction of sp³-hybridized carbons (Fsp3) is 0.562. The number of nitrogens with one attached hydrogen (secondary N) is 2. The number of rotatable bonds is 5. The minimum atomic E-state index is -0.671. The quantitative estimate of drug-likeness (QED) is 0.428. The van der Waals surface area contributed by atoms with E-state index >= 15 is 4.39 Å². The molecule has 2 N–H and O–H groups in total. The molecule has 2 fully saturated rings. The number of carbonyl (C=O) groups is 2. The molecular weight excluding hydrogens is 495 g/mol. The molecule has 0 amide bonds. The summed E-state index contributed by atoms with van der Waals surface area (Å²) in [6, 6.07) is 11.4. The second kappa shape index (κ2) is 10.3. The van der Waals surface area contributed by atoms with E-state index in [1.807, 2.05) is 13.8 Å². The number of ether oxygens (including phenoxy) is 2. The molecule has 2 saturated heterocycles. The van der Waals surface area contributed by atoms with Gasteiger partial charge in [0.2, 0.25) is 0 Å². The number of esters is 2. The van der Waals surface area contributed by atoms with Crippen LogP contribution < -0.4 is 10.6 Å². The van der Waals surface area contributed by atoms with Gasteiger partial charge in [-0.1, -0.05) is 18.2 Å². The van der Waals surface area contributed by atoms with E-state index < -0.39 is 17.3 Å². The van der Waals surface area contributed by atoms with Gasteiger partial charge in [-0.25, -0.2) is 14.0 Å². The Morgan fingerprint density at radius 2 is 1.38 bits per heavy atom. The maximum atomic E-state index is 15.0. The molecule has 2 atom stereocenters. The summed E-state index contributed by atoms with van der Waals surface area (Å²) < 4.78 is 26.6. The van der Waals surface area contributed by atoms with Crippen LogP contribution in [0.25, 0.3) is 11.1 Å². The maximum Gasteiger partial charge on any atom is 0.341 e. The van der Waals surface area contributed by atoms with Gasteiger partial charge in [-0.2, -0.15) is 0 Å². The molecule has 0 radical (unpaired) electrons. The Morgan fingerprint density at radius 3 is 1.97 bits per heavy atom. The summed E-state index contributed by atoms with van der Waals surface area (Å²) in [5.74, 6) is -1.68. The van der Waals surface area contributed by atoms with Gasteiger partial charge in [0.15, 0.2) is 0 Å². The fourth-order valence-corrected chi connectivity index (χ4v) is 6.31. The van der Waals surface area contributed by atoms with Crippen LogP contribution in [0.2, 0.25) is 0 Å². The first kappa shape index (κ1) is 29.2. The van der Waals surface area contributed by atoms with Crippen LogP contribution in [0.4, 0.5) is 4.39 Å². The Kier molecular flexibility index (Phi) is 7.74. The van der Waals surface area contributed by atoms with E-state index in [1.54, 1.807) is 30.3 Å². The predicted molar refractivity (Wildman–Crippen MR) is 151 cm³/mol. The second-order valence-electron chi connectivity index (χ2n) is 13.8. The molecule has 0 bridgehead atoms. The van der Waals surface area contributed by atoms with Gasteiger partial charge in [0.25, 0.3) is 0 Å². The molecule has 212 valence electrons. The first-order valence-corrected chi connectivity index (χ1v) is 13.9. The molecule has 6 nitrogen and oxygen atoms in total. The molecule has 2 aromatic carbocycles. The SMILES string of the molecule is CC1(C)CCC(OC(=O)c2ccc(-c3ccc(C(=O)OC4CC(C)(C)NC4(C)C)c(F)c3)cc2)CC(C)(C)N1. The van der Waals surface area contributed by atoms with Crippen molar-refractivity contribution in [2.45, 2.75) is 115 Å². The maximum absolute atomic E-state index is 15.0. The van der Waals surface area contributed by atoms with Crippen LogP contribution >= 0.6 is 0 Å². The Morgan fingerprint density at radius 1 is 0.769 bits per heavy atom. The van der Waals surface area contributed by atoms with Gasteiger partial charge in [0.05, 0.1) is 16.7 Å². The highest BCUT2D eigenvalue weighted by Gasteiger charge is 2.46. The summed E-state index contributed by atoms with van der Waals surface area (Å²) in [6.07, 6.45) is 2.57. The summed E-state index contributed by atoms with van der Waals surface area (Å²) in [6.45, 7) is 16.7. The van der Waals surface area contributed by atoms with Crippen molar-refractivity contribution in [1.82, 2.24) is 10.6 Å². The van der Waals surface area contributed by atoms with E-state index in [-0.39, 0.29) is 40.4 Å². The normalized spacial score (nSPS) is 24.9. The van der Waals surface area contributed by atoms with E-state index in [4.69, 9.17) is 9.47 Å². The van der Waals surface area contributed by atoms with Crippen molar-refractivity contribution in [2.24, 2.45) is 0 Å². The number of hydrogen-bond acceptors (Lipinski definition) is 6. The van der Waals surface area contributed by atoms with Gasteiger partial charge >= 0.3 is 11.9 Å². The Hall–Kier alpha value is -2.77. The Labute approximate surface area is 232 Å². The van der Waals surface area contributed by atoms with Crippen molar-refractivity contribution in [3.05, 3.63) is 59.4 Å². The molecule has 0 saturated carbocycles. The molecular formula is C32H43FN2O4. The highest BCUT2D eigenvalue weighted by Crippen LogP contribution is 2.34. The van der Waals surface area contributed by atoms with Gasteiger partial charge in [-0.05, 0) is 104 Å². The standard InChI is InChI=1S/C32H43FN2O4/c1-29(2)16-15-23(18-30(3,4)34-29)38-27(36)21-11-9-20(10-12-21)22-13-14-24(25(33)17-22)28(37)39-26-19-31(5,6)35-32(26,7)8/h9-14,17,23,26,34-35H,15-16,18-19H2,1-8H3. The lowest BCUT2D eigenvalue weighted by atomic mass is 9.96. The number of halogens is 1. The molecule has 2 heterocycles. The third-order valence-corrected chi connectivity index (χ3v) is 7.83. The summed E-state index contributed by atoms with van der Waals surface area (Å²) >= 11 is 0. The lowest BCUT2D eigenvalue weighted by molar-refractivity contribution is 0.0166. The zero-order valence-electron chi connectivity index (χ0n) is 24.5. The molecule has 7 heteroatoms. The van der Waals surface area contributed by atoms with Gasteiger partial charge in [-0.3, -0.25) is 0 Å². The first-order chi connectivity index (χ1) is 18.0. The Bertz CT molecular complexity index is 1230. The van der Waals surface area contributed by atoms with Gasteiger partial charge < -0.3 is 20.1 Å². The molecule has 2 unspecified atom stereocenters. The highest BCUT2D eigenvalue weighted by atomic mass is 19.1. The van der Waals surface area contributed by atoms with E-state index in [0.717, 1.165) is 24.8 Å². The zero-order valence-corrected chi connectivity index (χ0v) is 24.5. The molecule has 2 aliphatic heterocycles. The summed E-state index contributed by atoms with van der Waals surface area (Å²) in [5, 5.41) is 7.11. The van der Waals surface area contributed by atoms with Crippen molar-refractivity contribution in [1.29, 1.82) is 0 Å². The van der Waals surface area contributed by atoms with Crippen molar-refractivity contribution in [3.8, 4) is 11.1 Å². The van der Waals surface area contributed by atoms with E-state index in [9.17, 15) is 9.59 Å². The van der Waals surface area contributed by atoms with Crippen LogP contribution in [0, 0.1) is 5.82 Å². The topological polar surface area (TPSA) is 76.7 Å². The second-order valence-corrected chi connectivity index (χ2v) is 13.8. The van der Waals surface area contributed by atoms with Gasteiger partial charge in [0.1, 0.15) is 18.0 Å². The van der Waals surface area contributed by atoms with E-state index in [1.165, 1.54) is 12.1 Å². The average Bonchev–Trinajstić information content (AvgIpc) is 2.94. The summed E-state index contributed by atoms with van der Waals surface area (Å²) in [7, 11) is 0. The van der Waals surface area contributed by atoms with Crippen LogP contribution in [-0.4, -0.2) is 46.3 Å². The molecule has 0 aliphatic carbocycles. The molecule has 2 aliphatic rings. The number of hydrogen-bond donors (Lipinski definition) is 2. The van der Waals surface area contributed by atoms with Crippen molar-refractivity contribution >= 4 is 11.9 Å². The third kappa shape index (κ3) is 7.06. The monoisotopic (exact) mass is 538 g/mol. The molecule has 39 heavy (non-hydrogen) atoms. The van der Waals surface area contributed by atoms with Gasteiger partial charge in [0, 0.05) is 29.5 Å². The van der Waals surface area contributed by atoms with Crippen molar-refractivity contribution in [2.75, 3.05) is 0 Å². The van der Waals surface area contributed by atoms with Crippen LogP contribution in [0.15, 0.2) is 42.5 Å². The average molecular weight is 539 g/mol. The summed E-state index contributed by atoms with van der Waals surface area (Å²) in [5.41, 5.74) is 0.955. The first-order valence-electron chi connectivity index (χ1n) is 13.9. The predicted octanol–water partition coefficient (Wildman–Crippen LogP) is 6.42. The minimum absolute atomic E-state index is 0.0188. The molecule has 4 rings (SSSR count). The number of benzene rings is 2. The van der Waals surface area contributed by atoms with Gasteiger partial charge in [-0.15, -0.1) is 0 Å². The van der Waals surface area contributed by atoms with Crippen molar-refractivity contribution in [3.63, 3.8) is 0 Å². The number of carbonyl (C=O) groups excluding carboxylic acids is 2. The molecule has 2 aromatic rings. The van der Waals surface area contributed by atoms with Crippen molar-refractivity contribution < 1.29 is 23.5 Å². The van der Waals surface area contributed by atoms with E-state index in [0.29, 0.717) is 17.5 Å². The lowest BCUT2D eigenvalue weighted by Crippen LogP contribution is -2.50. The highest BCUT2D eigenvalue weighted by molar-refractivity contribution is 5.91. The largest absolute Gasteiger partial charge is 0.459 e. The van der Waals surface area contributed by atoms with Crippen LogP contribution in [0.3, 0.4) is 0 Å². The lowest BCUT2D eigenvalue weighted by Gasteiger charge is -2.34. The third-order valence-electron chi connectivity index (χ3n) is 7.83.